The Morgan fingerprint density at radius 1 is 1.57 bits per heavy atom. The average molecular weight is 197 g/mol. The molecule has 0 spiro atoms. The Bertz CT molecular complexity index is 300. The van der Waals surface area contributed by atoms with Crippen molar-refractivity contribution < 1.29 is 9.26 Å². The molecule has 1 aromatic heterocycles. The summed E-state index contributed by atoms with van der Waals surface area (Å²) in [5, 5.41) is 3.82. The van der Waals surface area contributed by atoms with E-state index in [1.54, 1.807) is 7.11 Å². The highest BCUT2D eigenvalue weighted by molar-refractivity contribution is 5.01. The van der Waals surface area contributed by atoms with Gasteiger partial charge in [-0.05, 0) is 12.8 Å². The van der Waals surface area contributed by atoms with Gasteiger partial charge in [-0.2, -0.15) is 4.98 Å². The summed E-state index contributed by atoms with van der Waals surface area (Å²) < 4.78 is 10.1. The molecular weight excluding hydrogens is 182 g/mol. The fraction of sp³-hybridized carbons (Fsp3) is 0.778. The fourth-order valence-electron chi connectivity index (χ4n) is 1.90. The van der Waals surface area contributed by atoms with Crippen LogP contribution in [0.2, 0.25) is 0 Å². The maximum atomic E-state index is 5.94. The van der Waals surface area contributed by atoms with Gasteiger partial charge >= 0.3 is 0 Å². The van der Waals surface area contributed by atoms with Crippen LogP contribution < -0.4 is 5.73 Å². The van der Waals surface area contributed by atoms with Crippen LogP contribution >= 0.6 is 0 Å². The molecular formula is C9H15N3O2. The summed E-state index contributed by atoms with van der Waals surface area (Å²) in [6.07, 6.45) is 3.25. The van der Waals surface area contributed by atoms with Crippen LogP contribution in [-0.2, 0) is 11.3 Å². The van der Waals surface area contributed by atoms with E-state index in [0.29, 0.717) is 18.3 Å². The molecule has 2 N–H and O–H groups in total. The molecule has 0 radical (unpaired) electrons. The summed E-state index contributed by atoms with van der Waals surface area (Å²) in [6, 6.07) is 0.172. The molecule has 0 saturated heterocycles. The van der Waals surface area contributed by atoms with E-state index >= 15 is 0 Å². The maximum Gasteiger partial charge on any atom is 0.231 e. The van der Waals surface area contributed by atoms with Gasteiger partial charge in [0.1, 0.15) is 6.61 Å². The van der Waals surface area contributed by atoms with Crippen LogP contribution in [0.25, 0.3) is 0 Å². The van der Waals surface area contributed by atoms with E-state index in [-0.39, 0.29) is 12.0 Å². The fourth-order valence-corrected chi connectivity index (χ4v) is 1.90. The quantitative estimate of drug-likeness (QED) is 0.776. The molecule has 5 heteroatoms. The number of hydrogen-bond donors (Lipinski definition) is 1. The zero-order valence-corrected chi connectivity index (χ0v) is 8.27. The van der Waals surface area contributed by atoms with Crippen LogP contribution in [0.1, 0.15) is 36.9 Å². The van der Waals surface area contributed by atoms with E-state index in [1.165, 1.54) is 0 Å². The van der Waals surface area contributed by atoms with Crippen molar-refractivity contribution in [1.82, 2.24) is 10.1 Å². The van der Waals surface area contributed by atoms with Gasteiger partial charge in [-0.25, -0.2) is 0 Å². The summed E-state index contributed by atoms with van der Waals surface area (Å²) in [4.78, 5) is 4.25. The van der Waals surface area contributed by atoms with Gasteiger partial charge < -0.3 is 15.0 Å². The van der Waals surface area contributed by atoms with Crippen molar-refractivity contribution >= 4 is 0 Å². The minimum atomic E-state index is 0.172. The third kappa shape index (κ3) is 1.78. The maximum absolute atomic E-state index is 5.94. The lowest BCUT2D eigenvalue weighted by atomic mass is 10.1. The average Bonchev–Trinajstić information content (AvgIpc) is 2.74. The summed E-state index contributed by atoms with van der Waals surface area (Å²) in [7, 11) is 1.61. The molecule has 1 aliphatic carbocycles. The molecule has 78 valence electrons. The lowest BCUT2D eigenvalue weighted by Gasteiger charge is -2.08. The van der Waals surface area contributed by atoms with Gasteiger partial charge in [-0.3, -0.25) is 0 Å². The van der Waals surface area contributed by atoms with Crippen LogP contribution in [0.4, 0.5) is 0 Å². The van der Waals surface area contributed by atoms with Crippen molar-refractivity contribution in [3.63, 3.8) is 0 Å². The molecule has 0 bridgehead atoms. The number of nitrogens with zero attached hydrogens (tertiary/aromatic N) is 2. The molecule has 1 aromatic rings. The zero-order chi connectivity index (χ0) is 9.97. The standard InChI is InChI=1S/C9H15N3O2/c1-13-5-8-11-9(14-12-8)6-3-2-4-7(6)10/h6-7H,2-5,10H2,1H3. The van der Waals surface area contributed by atoms with Gasteiger partial charge in [-0.1, -0.05) is 11.6 Å². The van der Waals surface area contributed by atoms with Gasteiger partial charge in [0, 0.05) is 13.2 Å². The van der Waals surface area contributed by atoms with E-state index in [2.05, 4.69) is 10.1 Å². The van der Waals surface area contributed by atoms with Crippen LogP contribution in [0.15, 0.2) is 4.52 Å². The Hall–Kier alpha value is -0.940. The summed E-state index contributed by atoms with van der Waals surface area (Å²) in [6.45, 7) is 0.394. The Balaban J connectivity index is 2.08. The number of nitrogens with two attached hydrogens (primary N) is 1. The van der Waals surface area contributed by atoms with Crippen molar-refractivity contribution in [2.45, 2.75) is 37.8 Å². The summed E-state index contributed by atoms with van der Waals surface area (Å²) >= 11 is 0. The first-order valence-corrected chi connectivity index (χ1v) is 4.88. The van der Waals surface area contributed by atoms with Crippen molar-refractivity contribution in [3.8, 4) is 0 Å². The first-order valence-electron chi connectivity index (χ1n) is 4.88. The van der Waals surface area contributed by atoms with Gasteiger partial charge in [0.05, 0.1) is 5.92 Å². The van der Waals surface area contributed by atoms with E-state index < -0.39 is 0 Å². The highest BCUT2D eigenvalue weighted by Gasteiger charge is 2.30. The van der Waals surface area contributed by atoms with Gasteiger partial charge in [0.25, 0.3) is 0 Å². The van der Waals surface area contributed by atoms with Crippen molar-refractivity contribution in [3.05, 3.63) is 11.7 Å². The second-order valence-electron chi connectivity index (χ2n) is 3.68. The molecule has 2 unspecified atom stereocenters. The number of methoxy groups -OCH3 is 1. The number of rotatable bonds is 3. The van der Waals surface area contributed by atoms with E-state index in [0.717, 1.165) is 19.3 Å². The SMILES string of the molecule is COCc1noc(C2CCCC2N)n1. The lowest BCUT2D eigenvalue weighted by molar-refractivity contribution is 0.174. The second kappa shape index (κ2) is 4.06. The molecule has 0 aromatic carbocycles. The third-order valence-electron chi connectivity index (χ3n) is 2.64. The van der Waals surface area contributed by atoms with E-state index in [4.69, 9.17) is 15.0 Å². The van der Waals surface area contributed by atoms with Crippen LogP contribution in [0.5, 0.6) is 0 Å². The second-order valence-corrected chi connectivity index (χ2v) is 3.68. The highest BCUT2D eigenvalue weighted by Crippen LogP contribution is 2.32. The molecule has 1 heterocycles. The molecule has 1 aliphatic rings. The molecule has 1 saturated carbocycles. The molecule has 2 rings (SSSR count). The predicted octanol–water partition coefficient (Wildman–Crippen LogP) is 0.811. The Morgan fingerprint density at radius 3 is 3.07 bits per heavy atom. The molecule has 14 heavy (non-hydrogen) atoms. The molecule has 1 fully saturated rings. The molecule has 2 atom stereocenters. The lowest BCUT2D eigenvalue weighted by Crippen LogP contribution is -2.22. The molecule has 0 aliphatic heterocycles. The minimum absolute atomic E-state index is 0.172. The summed E-state index contributed by atoms with van der Waals surface area (Å²) in [5.41, 5.74) is 5.94. The van der Waals surface area contributed by atoms with Crippen LogP contribution in [0.3, 0.4) is 0 Å². The number of hydrogen-bond acceptors (Lipinski definition) is 5. The zero-order valence-electron chi connectivity index (χ0n) is 8.27. The normalized spacial score (nSPS) is 27.0. The number of aromatic nitrogens is 2. The largest absolute Gasteiger partial charge is 0.377 e. The van der Waals surface area contributed by atoms with E-state index in [1.807, 2.05) is 0 Å². The minimum Gasteiger partial charge on any atom is -0.377 e. The predicted molar refractivity (Wildman–Crippen MR) is 49.6 cm³/mol. The molecule has 5 nitrogen and oxygen atoms in total. The van der Waals surface area contributed by atoms with Crippen molar-refractivity contribution in [1.29, 1.82) is 0 Å². The Morgan fingerprint density at radius 2 is 2.43 bits per heavy atom. The van der Waals surface area contributed by atoms with E-state index in [9.17, 15) is 0 Å². The Kier molecular flexibility index (Phi) is 2.79. The Labute approximate surface area is 82.6 Å². The van der Waals surface area contributed by atoms with Crippen LogP contribution in [-0.4, -0.2) is 23.3 Å². The van der Waals surface area contributed by atoms with Gasteiger partial charge in [0.2, 0.25) is 5.89 Å². The first kappa shape index (κ1) is 9.61. The topological polar surface area (TPSA) is 74.2 Å². The van der Waals surface area contributed by atoms with Crippen molar-refractivity contribution in [2.75, 3.05) is 7.11 Å². The van der Waals surface area contributed by atoms with Crippen molar-refractivity contribution in [2.24, 2.45) is 5.73 Å². The van der Waals surface area contributed by atoms with Gasteiger partial charge in [-0.15, -0.1) is 0 Å². The third-order valence-corrected chi connectivity index (χ3v) is 2.64. The first-order chi connectivity index (χ1) is 6.81. The number of ether oxygens (including phenoxy) is 1. The molecule has 0 amide bonds. The van der Waals surface area contributed by atoms with Gasteiger partial charge in [0.15, 0.2) is 5.82 Å². The smallest absolute Gasteiger partial charge is 0.231 e. The highest BCUT2D eigenvalue weighted by atomic mass is 16.5. The summed E-state index contributed by atoms with van der Waals surface area (Å²) in [5.74, 6) is 1.51. The van der Waals surface area contributed by atoms with Crippen LogP contribution in [0, 0.1) is 0 Å². The monoisotopic (exact) mass is 197 g/mol.